The number of aliphatic hydroxyl groups excluding tert-OH is 1. The van der Waals surface area contributed by atoms with Crippen LogP contribution < -0.4 is 0 Å². The van der Waals surface area contributed by atoms with Crippen LogP contribution in [-0.4, -0.2) is 11.2 Å². The van der Waals surface area contributed by atoms with E-state index in [1.165, 1.54) is 44.9 Å². The van der Waals surface area contributed by atoms with Crippen LogP contribution in [0.3, 0.4) is 0 Å². The van der Waals surface area contributed by atoms with Gasteiger partial charge in [0.25, 0.3) is 0 Å². The average molecular weight is 254 g/mol. The first kappa shape index (κ1) is 17.7. The second kappa shape index (κ2) is 13.1. The quantitative estimate of drug-likeness (QED) is 0.361. The molecule has 0 saturated carbocycles. The predicted molar refractivity (Wildman–Crippen MR) is 81.8 cm³/mol. The summed E-state index contributed by atoms with van der Waals surface area (Å²) in [5.74, 6) is 0.462. The second-order valence-electron chi connectivity index (χ2n) is 5.43. The molecule has 0 spiro atoms. The molecule has 0 aromatic carbocycles. The Balaban J connectivity index is 3.68. The molecule has 0 aromatic rings. The number of rotatable bonds is 12. The van der Waals surface area contributed by atoms with Gasteiger partial charge in [0.2, 0.25) is 0 Å². The van der Waals surface area contributed by atoms with E-state index in [2.05, 4.69) is 26.8 Å². The minimum Gasteiger partial charge on any atom is -0.389 e. The van der Waals surface area contributed by atoms with Crippen molar-refractivity contribution in [2.24, 2.45) is 5.92 Å². The van der Waals surface area contributed by atoms with Gasteiger partial charge in [0.1, 0.15) is 0 Å². The first-order valence-corrected chi connectivity index (χ1v) is 8.10. The molecule has 2 unspecified atom stereocenters. The van der Waals surface area contributed by atoms with Crippen LogP contribution in [0.25, 0.3) is 0 Å². The van der Waals surface area contributed by atoms with Gasteiger partial charge in [-0.2, -0.15) is 0 Å². The van der Waals surface area contributed by atoms with Gasteiger partial charge < -0.3 is 5.11 Å². The van der Waals surface area contributed by atoms with Gasteiger partial charge in [-0.25, -0.2) is 0 Å². The summed E-state index contributed by atoms with van der Waals surface area (Å²) in [6.07, 6.45) is 16.5. The molecule has 0 aliphatic heterocycles. The lowest BCUT2D eigenvalue weighted by atomic mass is 9.92. The fourth-order valence-electron chi connectivity index (χ4n) is 2.36. The van der Waals surface area contributed by atoms with Gasteiger partial charge in [-0.1, -0.05) is 84.3 Å². The van der Waals surface area contributed by atoms with Crippen molar-refractivity contribution in [3.8, 4) is 0 Å². The molecule has 1 nitrogen and oxygen atoms in total. The largest absolute Gasteiger partial charge is 0.389 e. The van der Waals surface area contributed by atoms with Gasteiger partial charge in [0, 0.05) is 0 Å². The summed E-state index contributed by atoms with van der Waals surface area (Å²) in [6, 6.07) is 0. The lowest BCUT2D eigenvalue weighted by Gasteiger charge is -2.18. The van der Waals surface area contributed by atoms with Gasteiger partial charge in [-0.05, 0) is 18.8 Å². The average Bonchev–Trinajstić information content (AvgIpc) is 2.38. The van der Waals surface area contributed by atoms with Crippen LogP contribution in [0.4, 0.5) is 0 Å². The highest BCUT2D eigenvalue weighted by Crippen LogP contribution is 2.19. The van der Waals surface area contributed by atoms with Crippen molar-refractivity contribution < 1.29 is 5.11 Å². The maximum Gasteiger partial charge on any atom is 0.0748 e. The maximum atomic E-state index is 10.1. The molecule has 18 heavy (non-hydrogen) atoms. The molecule has 0 aromatic heterocycles. The fourth-order valence-corrected chi connectivity index (χ4v) is 2.36. The van der Waals surface area contributed by atoms with Crippen molar-refractivity contribution in [1.29, 1.82) is 0 Å². The second-order valence-corrected chi connectivity index (χ2v) is 5.43. The van der Waals surface area contributed by atoms with Crippen molar-refractivity contribution in [3.05, 3.63) is 12.2 Å². The highest BCUT2D eigenvalue weighted by molar-refractivity contribution is 4.91. The van der Waals surface area contributed by atoms with Gasteiger partial charge in [0.05, 0.1) is 6.10 Å². The van der Waals surface area contributed by atoms with Gasteiger partial charge in [-0.15, -0.1) is 0 Å². The number of hydrogen-bond donors (Lipinski definition) is 1. The van der Waals surface area contributed by atoms with Gasteiger partial charge in [0.15, 0.2) is 0 Å². The highest BCUT2D eigenvalue weighted by atomic mass is 16.3. The molecule has 108 valence electrons. The van der Waals surface area contributed by atoms with Crippen LogP contribution in [-0.2, 0) is 0 Å². The van der Waals surface area contributed by atoms with E-state index in [-0.39, 0.29) is 6.10 Å². The SMILES string of the molecule is CCC/C=C/C(O)C(CC)CCCCCCCC. The van der Waals surface area contributed by atoms with E-state index in [1.54, 1.807) is 0 Å². The van der Waals surface area contributed by atoms with E-state index in [9.17, 15) is 5.11 Å². The molecule has 1 heteroatoms. The van der Waals surface area contributed by atoms with Gasteiger partial charge in [-0.3, -0.25) is 0 Å². The number of unbranched alkanes of at least 4 members (excludes halogenated alkanes) is 6. The van der Waals surface area contributed by atoms with Crippen molar-refractivity contribution in [1.82, 2.24) is 0 Å². The zero-order valence-electron chi connectivity index (χ0n) is 12.8. The predicted octanol–water partition coefficient (Wildman–Crippen LogP) is 5.48. The van der Waals surface area contributed by atoms with E-state index in [0.717, 1.165) is 19.3 Å². The fraction of sp³-hybridized carbons (Fsp3) is 0.882. The lowest BCUT2D eigenvalue weighted by Crippen LogP contribution is -2.17. The Bertz CT molecular complexity index is 186. The number of aliphatic hydroxyl groups is 1. The first-order chi connectivity index (χ1) is 8.76. The molecule has 0 radical (unpaired) electrons. The third-order valence-corrected chi connectivity index (χ3v) is 3.72. The minimum absolute atomic E-state index is 0.225. The third-order valence-electron chi connectivity index (χ3n) is 3.72. The van der Waals surface area contributed by atoms with Gasteiger partial charge >= 0.3 is 0 Å². The molecule has 0 heterocycles. The Morgan fingerprint density at radius 3 is 2.17 bits per heavy atom. The summed E-state index contributed by atoms with van der Waals surface area (Å²) >= 11 is 0. The first-order valence-electron chi connectivity index (χ1n) is 8.10. The summed E-state index contributed by atoms with van der Waals surface area (Å²) in [4.78, 5) is 0. The lowest BCUT2D eigenvalue weighted by molar-refractivity contribution is 0.141. The van der Waals surface area contributed by atoms with E-state index in [1.807, 2.05) is 6.08 Å². The monoisotopic (exact) mass is 254 g/mol. The Morgan fingerprint density at radius 2 is 1.56 bits per heavy atom. The van der Waals surface area contributed by atoms with Crippen LogP contribution in [0.15, 0.2) is 12.2 Å². The summed E-state index contributed by atoms with van der Waals surface area (Å²) in [5, 5.41) is 10.1. The van der Waals surface area contributed by atoms with Crippen LogP contribution in [0, 0.1) is 5.92 Å². The Kier molecular flexibility index (Phi) is 12.9. The van der Waals surface area contributed by atoms with Crippen LogP contribution in [0.2, 0.25) is 0 Å². The molecule has 0 saturated heterocycles. The molecular weight excluding hydrogens is 220 g/mol. The molecule has 0 aliphatic carbocycles. The molecule has 2 atom stereocenters. The van der Waals surface area contributed by atoms with E-state index < -0.39 is 0 Å². The summed E-state index contributed by atoms with van der Waals surface area (Å²) in [6.45, 7) is 6.62. The number of allylic oxidation sites excluding steroid dienone is 1. The highest BCUT2D eigenvalue weighted by Gasteiger charge is 2.13. The zero-order chi connectivity index (χ0) is 13.6. The Hall–Kier alpha value is -0.300. The summed E-state index contributed by atoms with van der Waals surface area (Å²) < 4.78 is 0. The normalized spacial score (nSPS) is 15.1. The van der Waals surface area contributed by atoms with Crippen LogP contribution in [0.1, 0.15) is 85.0 Å². The summed E-state index contributed by atoms with van der Waals surface area (Å²) in [7, 11) is 0. The van der Waals surface area contributed by atoms with E-state index in [4.69, 9.17) is 0 Å². The van der Waals surface area contributed by atoms with Crippen molar-refractivity contribution in [2.45, 2.75) is 91.1 Å². The number of hydrogen-bond acceptors (Lipinski definition) is 1. The molecule has 0 rings (SSSR count). The molecule has 1 N–H and O–H groups in total. The molecule has 0 amide bonds. The standard InChI is InChI=1S/C17H34O/c1-4-7-9-10-11-13-14-16(6-3)17(18)15-12-8-5-2/h12,15-18H,4-11,13-14H2,1-3H3/b15-12+. The van der Waals surface area contributed by atoms with Crippen LogP contribution >= 0.6 is 0 Å². The summed E-state index contributed by atoms with van der Waals surface area (Å²) in [5.41, 5.74) is 0. The third kappa shape index (κ3) is 9.70. The maximum absolute atomic E-state index is 10.1. The Morgan fingerprint density at radius 1 is 0.889 bits per heavy atom. The van der Waals surface area contributed by atoms with E-state index >= 15 is 0 Å². The Labute approximate surface area is 115 Å². The van der Waals surface area contributed by atoms with Crippen LogP contribution in [0.5, 0.6) is 0 Å². The molecule has 0 fully saturated rings. The zero-order valence-corrected chi connectivity index (χ0v) is 12.8. The minimum atomic E-state index is -0.225. The topological polar surface area (TPSA) is 20.2 Å². The molecular formula is C17H34O. The van der Waals surface area contributed by atoms with Crippen molar-refractivity contribution in [3.63, 3.8) is 0 Å². The van der Waals surface area contributed by atoms with Crippen molar-refractivity contribution in [2.75, 3.05) is 0 Å². The molecule has 0 aliphatic rings. The van der Waals surface area contributed by atoms with E-state index in [0.29, 0.717) is 5.92 Å². The molecule has 0 bridgehead atoms. The van der Waals surface area contributed by atoms with Crippen molar-refractivity contribution >= 4 is 0 Å². The smallest absolute Gasteiger partial charge is 0.0748 e.